The molecule has 1 aromatic heterocycles. The third-order valence-electron chi connectivity index (χ3n) is 4.44. The van der Waals surface area contributed by atoms with Gasteiger partial charge in [0.25, 0.3) is 0 Å². The van der Waals surface area contributed by atoms with Gasteiger partial charge in [-0.1, -0.05) is 31.0 Å². The van der Waals surface area contributed by atoms with Gasteiger partial charge in [-0.2, -0.15) is 0 Å². The van der Waals surface area contributed by atoms with Crippen LogP contribution in [0, 0.1) is 6.92 Å². The highest BCUT2D eigenvalue weighted by atomic mass is 16.3. The van der Waals surface area contributed by atoms with Crippen molar-refractivity contribution >= 4 is 16.8 Å². The van der Waals surface area contributed by atoms with E-state index in [2.05, 4.69) is 23.3 Å². The molecular weight excluding hydrogens is 264 g/mol. The first-order valence-electron chi connectivity index (χ1n) is 7.68. The van der Waals surface area contributed by atoms with Crippen LogP contribution in [-0.2, 0) is 11.2 Å². The molecule has 112 valence electrons. The molecule has 1 fully saturated rings. The normalized spacial score (nSPS) is 22.4. The number of benzene rings is 1. The lowest BCUT2D eigenvalue weighted by Crippen LogP contribution is -2.45. The van der Waals surface area contributed by atoms with Crippen LogP contribution in [0.1, 0.15) is 36.8 Å². The maximum atomic E-state index is 12.2. The molecule has 0 bridgehead atoms. The number of carbonyl (C=O) groups excluding carboxylic acids is 1. The summed E-state index contributed by atoms with van der Waals surface area (Å²) in [7, 11) is 0. The van der Waals surface area contributed by atoms with Gasteiger partial charge in [-0.05, 0) is 30.9 Å². The van der Waals surface area contributed by atoms with Crippen LogP contribution in [-0.4, -0.2) is 28.1 Å². The molecular formula is C17H22N2O2. The highest BCUT2D eigenvalue weighted by molar-refractivity contribution is 5.90. The second-order valence-electron chi connectivity index (χ2n) is 6.01. The molecule has 1 aromatic carbocycles. The first-order chi connectivity index (χ1) is 10.1. The first kappa shape index (κ1) is 14.1. The highest BCUT2D eigenvalue weighted by Gasteiger charge is 2.24. The number of carbonyl (C=O) groups is 1. The van der Waals surface area contributed by atoms with Gasteiger partial charge in [0.05, 0.1) is 18.6 Å². The number of aliphatic hydroxyl groups excluding tert-OH is 1. The van der Waals surface area contributed by atoms with E-state index in [1.165, 1.54) is 5.56 Å². The molecule has 0 radical (unpaired) electrons. The Morgan fingerprint density at radius 3 is 3.00 bits per heavy atom. The summed E-state index contributed by atoms with van der Waals surface area (Å²) in [5, 5.41) is 14.0. The van der Waals surface area contributed by atoms with Crippen LogP contribution in [0.2, 0.25) is 0 Å². The average Bonchev–Trinajstić information content (AvgIpc) is 2.86. The number of amides is 1. The van der Waals surface area contributed by atoms with Crippen LogP contribution in [0.25, 0.3) is 10.9 Å². The second kappa shape index (κ2) is 5.90. The summed E-state index contributed by atoms with van der Waals surface area (Å²) >= 11 is 0. The molecule has 0 spiro atoms. The fourth-order valence-corrected chi connectivity index (χ4v) is 3.22. The number of aromatic amines is 1. The fraction of sp³-hybridized carbons (Fsp3) is 0.471. The molecule has 4 heteroatoms. The number of aryl methyl sites for hydroxylation is 1. The largest absolute Gasteiger partial charge is 0.391 e. The van der Waals surface area contributed by atoms with Crippen molar-refractivity contribution in [3.8, 4) is 0 Å². The third kappa shape index (κ3) is 2.95. The number of hydrogen-bond donors (Lipinski definition) is 3. The Bertz CT molecular complexity index is 647. The zero-order valence-corrected chi connectivity index (χ0v) is 12.4. The number of aromatic nitrogens is 1. The summed E-state index contributed by atoms with van der Waals surface area (Å²) < 4.78 is 0. The number of rotatable bonds is 3. The van der Waals surface area contributed by atoms with Crippen molar-refractivity contribution in [3.63, 3.8) is 0 Å². The van der Waals surface area contributed by atoms with Crippen molar-refractivity contribution in [2.45, 2.75) is 51.2 Å². The topological polar surface area (TPSA) is 65.1 Å². The van der Waals surface area contributed by atoms with Gasteiger partial charge in [-0.15, -0.1) is 0 Å². The van der Waals surface area contributed by atoms with Crippen molar-refractivity contribution in [1.29, 1.82) is 0 Å². The molecule has 3 N–H and O–H groups in total. The monoisotopic (exact) mass is 286 g/mol. The predicted molar refractivity (Wildman–Crippen MR) is 83.1 cm³/mol. The summed E-state index contributed by atoms with van der Waals surface area (Å²) in [6.07, 6.45) is 5.66. The van der Waals surface area contributed by atoms with Crippen molar-refractivity contribution in [2.24, 2.45) is 0 Å². The van der Waals surface area contributed by atoms with Crippen LogP contribution in [0.15, 0.2) is 24.4 Å². The molecule has 4 nitrogen and oxygen atoms in total. The number of fused-ring (bicyclic) bond motifs is 1. The van der Waals surface area contributed by atoms with E-state index >= 15 is 0 Å². The smallest absolute Gasteiger partial charge is 0.224 e. The molecule has 2 unspecified atom stereocenters. The summed E-state index contributed by atoms with van der Waals surface area (Å²) in [6.45, 7) is 2.06. The van der Waals surface area contributed by atoms with Gasteiger partial charge in [0, 0.05) is 17.1 Å². The summed E-state index contributed by atoms with van der Waals surface area (Å²) in [5.74, 6) is -0.0108. The van der Waals surface area contributed by atoms with Crippen molar-refractivity contribution in [3.05, 3.63) is 35.5 Å². The molecule has 0 aliphatic heterocycles. The Labute approximate surface area is 124 Å². The van der Waals surface area contributed by atoms with E-state index in [4.69, 9.17) is 0 Å². The van der Waals surface area contributed by atoms with Crippen LogP contribution in [0.4, 0.5) is 0 Å². The van der Waals surface area contributed by atoms with Crippen molar-refractivity contribution < 1.29 is 9.90 Å². The minimum atomic E-state index is -0.395. The van der Waals surface area contributed by atoms with Gasteiger partial charge < -0.3 is 15.4 Å². The molecule has 1 heterocycles. The summed E-state index contributed by atoms with van der Waals surface area (Å²) in [5.41, 5.74) is 3.29. The van der Waals surface area contributed by atoms with Crippen molar-refractivity contribution in [2.75, 3.05) is 0 Å². The summed E-state index contributed by atoms with van der Waals surface area (Å²) in [4.78, 5) is 15.5. The van der Waals surface area contributed by atoms with E-state index in [1.807, 2.05) is 18.3 Å². The lowest BCUT2D eigenvalue weighted by Gasteiger charge is -2.28. The molecule has 1 aliphatic rings. The van der Waals surface area contributed by atoms with Crippen LogP contribution in [0.5, 0.6) is 0 Å². The molecule has 1 aliphatic carbocycles. The predicted octanol–water partition coefficient (Wildman–Crippen LogP) is 2.44. The number of H-pyrrole nitrogens is 1. The lowest BCUT2D eigenvalue weighted by atomic mass is 9.92. The first-order valence-corrected chi connectivity index (χ1v) is 7.68. The maximum absolute atomic E-state index is 12.2. The van der Waals surface area contributed by atoms with Gasteiger partial charge in [0.2, 0.25) is 5.91 Å². The highest BCUT2D eigenvalue weighted by Crippen LogP contribution is 2.22. The molecule has 0 saturated heterocycles. The lowest BCUT2D eigenvalue weighted by molar-refractivity contribution is -0.122. The molecule has 1 saturated carbocycles. The van der Waals surface area contributed by atoms with Gasteiger partial charge in [-0.3, -0.25) is 4.79 Å². The quantitative estimate of drug-likeness (QED) is 0.811. The molecule has 3 rings (SSSR count). The van der Waals surface area contributed by atoms with E-state index in [-0.39, 0.29) is 11.9 Å². The van der Waals surface area contributed by atoms with E-state index in [1.54, 1.807) is 0 Å². The van der Waals surface area contributed by atoms with E-state index in [9.17, 15) is 9.90 Å². The number of nitrogens with one attached hydrogen (secondary N) is 2. The Hall–Kier alpha value is -1.81. The summed E-state index contributed by atoms with van der Waals surface area (Å²) in [6, 6.07) is 6.02. The molecule has 2 atom stereocenters. The minimum absolute atomic E-state index is 0.0108. The molecule has 1 amide bonds. The van der Waals surface area contributed by atoms with E-state index < -0.39 is 6.10 Å². The Morgan fingerprint density at radius 2 is 2.19 bits per heavy atom. The maximum Gasteiger partial charge on any atom is 0.224 e. The Morgan fingerprint density at radius 1 is 1.38 bits per heavy atom. The standard InChI is InChI=1S/C17H22N2O2/c1-11-5-4-6-13-12(10-18-17(11)13)9-16(21)19-14-7-2-3-8-15(14)20/h4-6,10,14-15,18,20H,2-3,7-9H2,1H3,(H,19,21). The van der Waals surface area contributed by atoms with E-state index in [0.717, 1.165) is 42.1 Å². The minimum Gasteiger partial charge on any atom is -0.391 e. The Kier molecular flexibility index (Phi) is 3.97. The SMILES string of the molecule is Cc1cccc2c(CC(=O)NC3CCCCC3O)c[nH]c12. The van der Waals surface area contributed by atoms with Gasteiger partial charge >= 0.3 is 0 Å². The van der Waals surface area contributed by atoms with Gasteiger partial charge in [-0.25, -0.2) is 0 Å². The number of aliphatic hydroxyl groups is 1. The molecule has 2 aromatic rings. The van der Waals surface area contributed by atoms with Crippen molar-refractivity contribution in [1.82, 2.24) is 10.3 Å². The van der Waals surface area contributed by atoms with Gasteiger partial charge in [0.1, 0.15) is 0 Å². The van der Waals surface area contributed by atoms with E-state index in [0.29, 0.717) is 6.42 Å². The Balaban J connectivity index is 1.70. The zero-order valence-electron chi connectivity index (χ0n) is 12.4. The molecule has 21 heavy (non-hydrogen) atoms. The second-order valence-corrected chi connectivity index (χ2v) is 6.01. The fourth-order valence-electron chi connectivity index (χ4n) is 3.22. The van der Waals surface area contributed by atoms with Crippen LogP contribution in [0.3, 0.4) is 0 Å². The van der Waals surface area contributed by atoms with Gasteiger partial charge in [0.15, 0.2) is 0 Å². The number of hydrogen-bond acceptors (Lipinski definition) is 2. The number of para-hydroxylation sites is 1. The third-order valence-corrected chi connectivity index (χ3v) is 4.44. The average molecular weight is 286 g/mol. The van der Waals surface area contributed by atoms with Crippen LogP contribution >= 0.6 is 0 Å². The van der Waals surface area contributed by atoms with Crippen LogP contribution < -0.4 is 5.32 Å². The zero-order chi connectivity index (χ0) is 14.8.